The largest absolute Gasteiger partial charge is 0.480 e. The molecule has 2 N–H and O–H groups in total. The molecule has 0 fully saturated rings. The zero-order valence-corrected chi connectivity index (χ0v) is 26.7. The van der Waals surface area contributed by atoms with E-state index >= 15 is 0 Å². The third kappa shape index (κ3) is 22.5. The number of carboxylic acids is 1. The van der Waals surface area contributed by atoms with Crippen molar-refractivity contribution in [3.05, 3.63) is 109 Å². The van der Waals surface area contributed by atoms with Gasteiger partial charge in [0.25, 0.3) is 0 Å². The number of aryl methyl sites for hydroxylation is 1. The van der Waals surface area contributed by atoms with E-state index in [2.05, 4.69) is 84.1 Å². The lowest BCUT2D eigenvalue weighted by atomic mass is 10.0. The number of aromatic nitrogens is 1. The van der Waals surface area contributed by atoms with Crippen molar-refractivity contribution in [2.24, 2.45) is 0 Å². The van der Waals surface area contributed by atoms with Gasteiger partial charge < -0.3 is 10.4 Å². The molecule has 0 unspecified atom stereocenters. The summed E-state index contributed by atoms with van der Waals surface area (Å²) in [7, 11) is 0. The number of Topliss-reactive ketones (excluding diaryl/α,β-unsaturated/α-hetero) is 1. The summed E-state index contributed by atoms with van der Waals surface area (Å²) in [5, 5.41) is 12.0. The van der Waals surface area contributed by atoms with Crippen molar-refractivity contribution in [3.8, 4) is 0 Å². The molecule has 0 saturated heterocycles. The van der Waals surface area contributed by atoms with Crippen LogP contribution >= 0.6 is 0 Å². The van der Waals surface area contributed by atoms with Gasteiger partial charge >= 0.3 is 5.97 Å². The number of unbranched alkanes of at least 4 members (excludes halogenated alkanes) is 1. The average Bonchev–Trinajstić information content (AvgIpc) is 3.00. The Morgan fingerprint density at radius 3 is 1.86 bits per heavy atom. The first-order chi connectivity index (χ1) is 21.4. The van der Waals surface area contributed by atoms with Crippen LogP contribution in [0.15, 0.2) is 97.3 Å². The van der Waals surface area contributed by atoms with Gasteiger partial charge in [-0.25, -0.2) is 4.79 Å². The van der Waals surface area contributed by atoms with Gasteiger partial charge in [-0.2, -0.15) is 0 Å². The Morgan fingerprint density at radius 1 is 0.773 bits per heavy atom. The second-order valence-electron chi connectivity index (χ2n) is 10.5. The summed E-state index contributed by atoms with van der Waals surface area (Å²) in [6, 6.07) is 2.84. The Labute approximate surface area is 265 Å². The molecule has 6 heteroatoms. The number of rotatable bonds is 24. The summed E-state index contributed by atoms with van der Waals surface area (Å²) < 4.78 is 0. The van der Waals surface area contributed by atoms with Gasteiger partial charge in [0.15, 0.2) is 0 Å². The first-order valence-electron chi connectivity index (χ1n) is 15.9. The zero-order valence-electron chi connectivity index (χ0n) is 26.7. The number of carbonyl (C=O) groups is 3. The maximum absolute atomic E-state index is 12.2. The van der Waals surface area contributed by atoms with Crippen LogP contribution in [0, 0.1) is 6.92 Å². The predicted molar refractivity (Wildman–Crippen MR) is 183 cm³/mol. The number of nitrogens with zero attached hydrogens (tertiary/aromatic N) is 1. The van der Waals surface area contributed by atoms with Gasteiger partial charge in [-0.15, -0.1) is 0 Å². The third-order valence-electron chi connectivity index (χ3n) is 6.57. The SMILES string of the molecule is CC/C=C\C/C=C\C/C=C\C/C=C\C/C=C\C/C=C\CCC(=O)CCCC[C@H](NC(=O)C/C=C/c1ccc(C)nc1)C(=O)O. The highest BCUT2D eigenvalue weighted by Gasteiger charge is 2.18. The van der Waals surface area contributed by atoms with Gasteiger partial charge in [-0.05, 0) is 76.3 Å². The number of hydrogen-bond donors (Lipinski definition) is 2. The molecule has 0 aliphatic rings. The Morgan fingerprint density at radius 2 is 1.34 bits per heavy atom. The van der Waals surface area contributed by atoms with Crippen LogP contribution in [-0.2, 0) is 14.4 Å². The molecule has 1 aromatic heterocycles. The average molecular weight is 601 g/mol. The van der Waals surface area contributed by atoms with Crippen LogP contribution in [-0.4, -0.2) is 33.8 Å². The van der Waals surface area contributed by atoms with Crippen LogP contribution in [0.4, 0.5) is 0 Å². The molecule has 1 aromatic rings. The maximum atomic E-state index is 12.2. The van der Waals surface area contributed by atoms with E-state index in [1.54, 1.807) is 18.3 Å². The van der Waals surface area contributed by atoms with Crippen LogP contribution in [0.5, 0.6) is 0 Å². The Kier molecular flexibility index (Phi) is 22.9. The molecule has 0 radical (unpaired) electrons. The molecule has 1 amide bonds. The molecule has 0 aliphatic heterocycles. The molecule has 0 aromatic carbocycles. The summed E-state index contributed by atoms with van der Waals surface area (Å²) >= 11 is 0. The molecule has 0 saturated carbocycles. The van der Waals surface area contributed by atoms with Crippen LogP contribution in [0.1, 0.15) is 102 Å². The zero-order chi connectivity index (χ0) is 32.1. The normalized spacial score (nSPS) is 13.1. The minimum absolute atomic E-state index is 0.0880. The number of amides is 1. The van der Waals surface area contributed by atoms with Crippen LogP contribution in [0.3, 0.4) is 0 Å². The van der Waals surface area contributed by atoms with E-state index in [1.165, 1.54) is 0 Å². The van der Waals surface area contributed by atoms with Crippen molar-refractivity contribution in [2.45, 2.75) is 103 Å². The fraction of sp³-hybridized carbons (Fsp3) is 0.421. The molecule has 0 spiro atoms. The standard InChI is InChI=1S/C38H52N2O4/c1-3-4-5-6-7-8-9-10-11-12-13-14-15-16-17-18-19-20-21-26-35(41)27-22-23-28-36(38(43)44)40-37(42)29-24-25-34-31-30-33(2)39-32-34/h4-5,7-8,10-11,13-14,16-17,19-20,24-25,30-32,36H,3,6,9,12,15,18,21-23,26-29H2,1-2H3,(H,40,42)(H,43,44)/b5-4-,8-7-,11-10-,14-13-,17-16-,20-19-,25-24+/t36-/m0/s1. The molecule has 1 rings (SSSR count). The van der Waals surface area contributed by atoms with Crippen molar-refractivity contribution < 1.29 is 19.5 Å². The number of nitrogens with one attached hydrogen (secondary N) is 1. The summed E-state index contributed by atoms with van der Waals surface area (Å²) in [5.41, 5.74) is 1.79. The fourth-order valence-electron chi connectivity index (χ4n) is 4.07. The van der Waals surface area contributed by atoms with Crippen LogP contribution in [0.2, 0.25) is 0 Å². The number of carboxylic acid groups (broad SMARTS) is 1. The minimum Gasteiger partial charge on any atom is -0.480 e. The number of carbonyl (C=O) groups excluding carboxylic acids is 2. The lowest BCUT2D eigenvalue weighted by molar-refractivity contribution is -0.141. The fourth-order valence-corrected chi connectivity index (χ4v) is 4.07. The predicted octanol–water partition coefficient (Wildman–Crippen LogP) is 8.97. The molecule has 1 heterocycles. The second kappa shape index (κ2) is 26.6. The third-order valence-corrected chi connectivity index (χ3v) is 6.57. The van der Waals surface area contributed by atoms with E-state index in [-0.39, 0.29) is 18.1 Å². The quantitative estimate of drug-likeness (QED) is 0.0912. The molecule has 44 heavy (non-hydrogen) atoms. The summed E-state index contributed by atoms with van der Waals surface area (Å²) in [6.07, 6.45) is 40.1. The molecule has 1 atom stereocenters. The summed E-state index contributed by atoms with van der Waals surface area (Å²) in [4.78, 5) is 40.1. The highest BCUT2D eigenvalue weighted by atomic mass is 16.4. The second-order valence-corrected chi connectivity index (χ2v) is 10.5. The lowest BCUT2D eigenvalue weighted by Crippen LogP contribution is -2.40. The van der Waals surface area contributed by atoms with Crippen LogP contribution < -0.4 is 5.32 Å². The summed E-state index contributed by atoms with van der Waals surface area (Å²) in [5.74, 6) is -1.23. The van der Waals surface area contributed by atoms with E-state index < -0.39 is 12.0 Å². The van der Waals surface area contributed by atoms with Crippen molar-refractivity contribution in [3.63, 3.8) is 0 Å². The number of pyridine rings is 1. The van der Waals surface area contributed by atoms with Gasteiger partial charge in [0, 0.05) is 31.2 Å². The first-order valence-corrected chi connectivity index (χ1v) is 15.9. The Balaban J connectivity index is 2.09. The van der Waals surface area contributed by atoms with Crippen LogP contribution in [0.25, 0.3) is 6.08 Å². The van der Waals surface area contributed by atoms with E-state index in [0.717, 1.165) is 49.8 Å². The van der Waals surface area contributed by atoms with E-state index in [1.807, 2.05) is 25.1 Å². The van der Waals surface area contributed by atoms with E-state index in [4.69, 9.17) is 0 Å². The summed E-state index contributed by atoms with van der Waals surface area (Å²) in [6.45, 7) is 4.04. The molecular weight excluding hydrogens is 548 g/mol. The van der Waals surface area contributed by atoms with E-state index in [9.17, 15) is 19.5 Å². The smallest absolute Gasteiger partial charge is 0.326 e. The lowest BCUT2D eigenvalue weighted by Gasteiger charge is -2.13. The highest BCUT2D eigenvalue weighted by molar-refractivity contribution is 5.84. The van der Waals surface area contributed by atoms with Crippen molar-refractivity contribution in [1.82, 2.24) is 10.3 Å². The Bertz CT molecular complexity index is 1150. The molecule has 0 aliphatic carbocycles. The van der Waals surface area contributed by atoms with Gasteiger partial charge in [0.2, 0.25) is 5.91 Å². The van der Waals surface area contributed by atoms with Gasteiger partial charge in [0.05, 0.1) is 0 Å². The van der Waals surface area contributed by atoms with E-state index in [0.29, 0.717) is 38.5 Å². The Hall–Kier alpha value is -4.06. The molecule has 238 valence electrons. The van der Waals surface area contributed by atoms with Crippen molar-refractivity contribution in [1.29, 1.82) is 0 Å². The molecular formula is C38H52N2O4. The number of ketones is 1. The highest BCUT2D eigenvalue weighted by Crippen LogP contribution is 2.09. The monoisotopic (exact) mass is 600 g/mol. The number of hydrogen-bond acceptors (Lipinski definition) is 4. The minimum atomic E-state index is -1.06. The van der Waals surface area contributed by atoms with Gasteiger partial charge in [-0.3, -0.25) is 14.6 Å². The van der Waals surface area contributed by atoms with Crippen molar-refractivity contribution >= 4 is 23.7 Å². The molecule has 6 nitrogen and oxygen atoms in total. The number of aliphatic carboxylic acids is 1. The number of allylic oxidation sites excluding steroid dienone is 12. The van der Waals surface area contributed by atoms with Gasteiger partial charge in [0.1, 0.15) is 11.8 Å². The van der Waals surface area contributed by atoms with Crippen molar-refractivity contribution in [2.75, 3.05) is 0 Å². The first kappa shape index (κ1) is 38.0. The topological polar surface area (TPSA) is 96.4 Å². The molecule has 0 bridgehead atoms. The maximum Gasteiger partial charge on any atom is 0.326 e. The van der Waals surface area contributed by atoms with Gasteiger partial charge in [-0.1, -0.05) is 104 Å².